The van der Waals surface area contributed by atoms with E-state index < -0.39 is 0 Å². The monoisotopic (exact) mass is 318 g/mol. The van der Waals surface area contributed by atoms with Crippen LogP contribution in [0, 0.1) is 0 Å². The lowest BCUT2D eigenvalue weighted by Crippen LogP contribution is -2.52. The molecular formula is C16H26N6O. The van der Waals surface area contributed by atoms with E-state index in [9.17, 15) is 4.79 Å². The van der Waals surface area contributed by atoms with Crippen molar-refractivity contribution >= 4 is 11.8 Å². The molecule has 1 aromatic heterocycles. The van der Waals surface area contributed by atoms with Crippen LogP contribution in [0.1, 0.15) is 25.7 Å². The summed E-state index contributed by atoms with van der Waals surface area (Å²) in [6.07, 6.45) is 9.89. The molecule has 2 amide bonds. The van der Waals surface area contributed by atoms with E-state index in [0.717, 1.165) is 25.3 Å². The van der Waals surface area contributed by atoms with Crippen molar-refractivity contribution in [1.82, 2.24) is 25.1 Å². The van der Waals surface area contributed by atoms with Crippen molar-refractivity contribution in [2.75, 3.05) is 44.6 Å². The van der Waals surface area contributed by atoms with Crippen molar-refractivity contribution in [2.24, 2.45) is 0 Å². The second-order valence-corrected chi connectivity index (χ2v) is 6.23. The summed E-state index contributed by atoms with van der Waals surface area (Å²) in [7, 11) is 0. The third-order valence-corrected chi connectivity index (χ3v) is 4.61. The molecule has 3 rings (SSSR count). The maximum absolute atomic E-state index is 12.3. The van der Waals surface area contributed by atoms with E-state index in [4.69, 9.17) is 0 Å². The predicted molar refractivity (Wildman–Crippen MR) is 89.3 cm³/mol. The molecular weight excluding hydrogens is 292 g/mol. The Labute approximate surface area is 137 Å². The number of amides is 2. The number of carbonyl (C=O) groups is 1. The van der Waals surface area contributed by atoms with E-state index in [0.29, 0.717) is 19.1 Å². The highest BCUT2D eigenvalue weighted by Crippen LogP contribution is 2.20. The number of urea groups is 1. The molecule has 3 heterocycles. The molecule has 0 unspecified atom stereocenters. The van der Waals surface area contributed by atoms with Crippen LogP contribution in [0.5, 0.6) is 0 Å². The van der Waals surface area contributed by atoms with Crippen molar-refractivity contribution in [2.45, 2.75) is 31.7 Å². The van der Waals surface area contributed by atoms with Crippen LogP contribution in [0.2, 0.25) is 0 Å². The van der Waals surface area contributed by atoms with Gasteiger partial charge >= 0.3 is 6.03 Å². The molecule has 126 valence electrons. The van der Waals surface area contributed by atoms with Gasteiger partial charge in [0.2, 0.25) is 0 Å². The van der Waals surface area contributed by atoms with Crippen LogP contribution in [0.4, 0.5) is 10.6 Å². The van der Waals surface area contributed by atoms with Gasteiger partial charge in [0.05, 0.1) is 6.20 Å². The summed E-state index contributed by atoms with van der Waals surface area (Å²) in [5, 5.41) is 6.13. The first kappa shape index (κ1) is 16.0. The molecule has 0 aliphatic carbocycles. The number of aromatic nitrogens is 2. The predicted octanol–water partition coefficient (Wildman–Crippen LogP) is 1.16. The number of hydrogen-bond donors (Lipinski definition) is 2. The van der Waals surface area contributed by atoms with Gasteiger partial charge in [0.25, 0.3) is 0 Å². The van der Waals surface area contributed by atoms with Crippen molar-refractivity contribution in [1.29, 1.82) is 0 Å². The molecule has 2 aliphatic heterocycles. The van der Waals surface area contributed by atoms with Crippen LogP contribution in [0.25, 0.3) is 0 Å². The number of rotatable bonds is 5. The second kappa shape index (κ2) is 8.10. The Balaban J connectivity index is 1.37. The first-order valence-corrected chi connectivity index (χ1v) is 8.59. The number of nitrogens with zero attached hydrogens (tertiary/aromatic N) is 4. The average Bonchev–Trinajstić information content (AvgIpc) is 3.14. The molecule has 1 atom stereocenters. The third kappa shape index (κ3) is 4.54. The standard InChI is InChI=1S/C16H26N6O/c23-16(20-8-7-19-15-12-17-5-6-18-15)22-11-3-4-14(13-22)21-9-1-2-10-21/h5-6,12,14H,1-4,7-11,13H2,(H,18,19)(H,20,23)/t14-/m0/s1. The number of carbonyl (C=O) groups excluding carboxylic acids is 1. The zero-order valence-electron chi connectivity index (χ0n) is 13.6. The summed E-state index contributed by atoms with van der Waals surface area (Å²) >= 11 is 0. The normalized spacial score (nSPS) is 22.1. The zero-order chi connectivity index (χ0) is 15.9. The van der Waals surface area contributed by atoms with E-state index in [1.165, 1.54) is 32.4 Å². The van der Waals surface area contributed by atoms with Gasteiger partial charge in [0.15, 0.2) is 0 Å². The highest BCUT2D eigenvalue weighted by atomic mass is 16.2. The molecule has 0 spiro atoms. The third-order valence-electron chi connectivity index (χ3n) is 4.61. The van der Waals surface area contributed by atoms with Gasteiger partial charge in [-0.2, -0.15) is 0 Å². The Morgan fingerprint density at radius 3 is 2.83 bits per heavy atom. The minimum atomic E-state index is 0.0508. The van der Waals surface area contributed by atoms with Crippen molar-refractivity contribution < 1.29 is 4.79 Å². The van der Waals surface area contributed by atoms with Crippen LogP contribution in [-0.4, -0.2) is 71.1 Å². The van der Waals surface area contributed by atoms with Crippen LogP contribution in [0.15, 0.2) is 18.6 Å². The summed E-state index contributed by atoms with van der Waals surface area (Å²) in [5.74, 6) is 0.730. The van der Waals surface area contributed by atoms with Gasteiger partial charge in [-0.25, -0.2) is 9.78 Å². The largest absolute Gasteiger partial charge is 0.367 e. The molecule has 2 saturated heterocycles. The van der Waals surface area contributed by atoms with E-state index in [1.807, 2.05) is 4.90 Å². The van der Waals surface area contributed by atoms with Gasteiger partial charge < -0.3 is 15.5 Å². The fourth-order valence-corrected chi connectivity index (χ4v) is 3.41. The molecule has 2 aliphatic rings. The van der Waals surface area contributed by atoms with Gasteiger partial charge in [-0.15, -0.1) is 0 Å². The number of likely N-dealkylation sites (tertiary alicyclic amines) is 2. The fourth-order valence-electron chi connectivity index (χ4n) is 3.41. The SMILES string of the molecule is O=C(NCCNc1cnccn1)N1CCC[C@H](N2CCCC2)C1. The van der Waals surface area contributed by atoms with Crippen LogP contribution in [-0.2, 0) is 0 Å². The second-order valence-electron chi connectivity index (χ2n) is 6.23. The minimum absolute atomic E-state index is 0.0508. The summed E-state index contributed by atoms with van der Waals surface area (Å²) in [6, 6.07) is 0.601. The molecule has 0 radical (unpaired) electrons. The molecule has 2 N–H and O–H groups in total. The summed E-state index contributed by atoms with van der Waals surface area (Å²) in [5.41, 5.74) is 0. The maximum atomic E-state index is 12.3. The summed E-state index contributed by atoms with van der Waals surface area (Å²) in [4.78, 5) is 25.0. The molecule has 7 nitrogen and oxygen atoms in total. The van der Waals surface area contributed by atoms with Crippen molar-refractivity contribution in [3.63, 3.8) is 0 Å². The quantitative estimate of drug-likeness (QED) is 0.797. The van der Waals surface area contributed by atoms with Gasteiger partial charge in [-0.1, -0.05) is 0 Å². The summed E-state index contributed by atoms with van der Waals surface area (Å²) < 4.78 is 0. The highest BCUT2D eigenvalue weighted by Gasteiger charge is 2.28. The lowest BCUT2D eigenvalue weighted by atomic mass is 10.0. The molecule has 0 aromatic carbocycles. The Kier molecular flexibility index (Phi) is 5.63. The molecule has 0 saturated carbocycles. The van der Waals surface area contributed by atoms with Gasteiger partial charge in [0.1, 0.15) is 5.82 Å². The first-order chi connectivity index (χ1) is 11.3. The van der Waals surface area contributed by atoms with Crippen molar-refractivity contribution in [3.8, 4) is 0 Å². The lowest BCUT2D eigenvalue weighted by molar-refractivity contribution is 0.125. The number of piperidine rings is 1. The Hall–Kier alpha value is -1.89. The van der Waals surface area contributed by atoms with Gasteiger partial charge in [-0.05, 0) is 38.8 Å². The average molecular weight is 318 g/mol. The Morgan fingerprint density at radius 2 is 2.04 bits per heavy atom. The van der Waals surface area contributed by atoms with Crippen LogP contribution < -0.4 is 10.6 Å². The van der Waals surface area contributed by atoms with E-state index in [2.05, 4.69) is 25.5 Å². The van der Waals surface area contributed by atoms with E-state index in [1.54, 1.807) is 18.6 Å². The summed E-state index contributed by atoms with van der Waals surface area (Å²) in [6.45, 7) is 5.36. The van der Waals surface area contributed by atoms with E-state index >= 15 is 0 Å². The number of hydrogen-bond acceptors (Lipinski definition) is 5. The Bertz CT molecular complexity index is 491. The lowest BCUT2D eigenvalue weighted by Gasteiger charge is -2.37. The number of anilines is 1. The smallest absolute Gasteiger partial charge is 0.317 e. The molecule has 7 heteroatoms. The zero-order valence-corrected chi connectivity index (χ0v) is 13.6. The van der Waals surface area contributed by atoms with Gasteiger partial charge in [-0.3, -0.25) is 9.88 Å². The fraction of sp³-hybridized carbons (Fsp3) is 0.688. The van der Waals surface area contributed by atoms with Crippen molar-refractivity contribution in [3.05, 3.63) is 18.6 Å². The molecule has 23 heavy (non-hydrogen) atoms. The number of nitrogens with one attached hydrogen (secondary N) is 2. The topological polar surface area (TPSA) is 73.4 Å². The molecule has 0 bridgehead atoms. The maximum Gasteiger partial charge on any atom is 0.317 e. The molecule has 2 fully saturated rings. The Morgan fingerprint density at radius 1 is 1.17 bits per heavy atom. The molecule has 1 aromatic rings. The van der Waals surface area contributed by atoms with E-state index in [-0.39, 0.29) is 6.03 Å². The first-order valence-electron chi connectivity index (χ1n) is 8.59. The highest BCUT2D eigenvalue weighted by molar-refractivity contribution is 5.74. The van der Waals surface area contributed by atoms with Crippen LogP contribution >= 0.6 is 0 Å². The van der Waals surface area contributed by atoms with Gasteiger partial charge in [0, 0.05) is 44.6 Å². The van der Waals surface area contributed by atoms with Crippen LogP contribution in [0.3, 0.4) is 0 Å². The minimum Gasteiger partial charge on any atom is -0.367 e.